The molecule has 0 spiro atoms. The molecule has 0 radical (unpaired) electrons. The minimum atomic E-state index is -0.656. The summed E-state index contributed by atoms with van der Waals surface area (Å²) < 4.78 is 0. The van der Waals surface area contributed by atoms with Gasteiger partial charge in [0.1, 0.15) is 0 Å². The van der Waals surface area contributed by atoms with Gasteiger partial charge in [0.2, 0.25) is 0 Å². The molecule has 108 valence electrons. The van der Waals surface area contributed by atoms with Crippen molar-refractivity contribution in [2.75, 3.05) is 0 Å². The van der Waals surface area contributed by atoms with Crippen LogP contribution in [0.4, 0.5) is 0 Å². The van der Waals surface area contributed by atoms with Crippen LogP contribution >= 0.6 is 0 Å². The summed E-state index contributed by atoms with van der Waals surface area (Å²) >= 11 is 0. The van der Waals surface area contributed by atoms with E-state index in [-0.39, 0.29) is 5.41 Å². The van der Waals surface area contributed by atoms with Crippen molar-refractivity contribution in [3.05, 3.63) is 35.4 Å². The number of aliphatic hydroxyl groups is 1. The summed E-state index contributed by atoms with van der Waals surface area (Å²) in [6.07, 6.45) is 8.05. The van der Waals surface area contributed by atoms with Crippen LogP contribution in [0.2, 0.25) is 0 Å². The maximum Gasteiger partial charge on any atom is 0.0924 e. The van der Waals surface area contributed by atoms with E-state index < -0.39 is 5.60 Å². The summed E-state index contributed by atoms with van der Waals surface area (Å²) in [4.78, 5) is 0. The van der Waals surface area contributed by atoms with Crippen LogP contribution in [0.25, 0.3) is 0 Å². The highest BCUT2D eigenvalue weighted by Gasteiger charge is 2.58. The topological polar surface area (TPSA) is 20.2 Å². The van der Waals surface area contributed by atoms with Crippen molar-refractivity contribution in [2.24, 2.45) is 23.2 Å². The lowest BCUT2D eigenvalue weighted by molar-refractivity contribution is -0.176. The Labute approximate surface area is 122 Å². The first-order valence-electron chi connectivity index (χ1n) is 8.28. The summed E-state index contributed by atoms with van der Waals surface area (Å²) in [5.41, 5.74) is 1.90. The average molecular weight is 270 g/mol. The number of rotatable bonds is 2. The molecule has 4 aliphatic carbocycles. The molecule has 4 fully saturated rings. The fourth-order valence-electron chi connectivity index (χ4n) is 5.89. The van der Waals surface area contributed by atoms with Crippen molar-refractivity contribution in [1.82, 2.24) is 0 Å². The normalized spacial score (nSPS) is 41.6. The van der Waals surface area contributed by atoms with Gasteiger partial charge >= 0.3 is 0 Å². The molecule has 1 N–H and O–H groups in total. The predicted octanol–water partition coefficient (Wildman–Crippen LogP) is 4.42. The minimum absolute atomic E-state index is 0.150. The van der Waals surface area contributed by atoms with Gasteiger partial charge in [-0.05, 0) is 75.7 Å². The Morgan fingerprint density at radius 1 is 0.950 bits per heavy atom. The molecule has 4 aliphatic rings. The van der Waals surface area contributed by atoms with E-state index in [9.17, 15) is 5.11 Å². The third kappa shape index (κ3) is 1.72. The maximum absolute atomic E-state index is 11.4. The molecular formula is C19H26O. The lowest BCUT2D eigenvalue weighted by Gasteiger charge is -2.61. The van der Waals surface area contributed by atoms with Gasteiger partial charge in [-0.25, -0.2) is 0 Å². The van der Waals surface area contributed by atoms with E-state index in [0.717, 1.165) is 23.3 Å². The van der Waals surface area contributed by atoms with E-state index in [2.05, 4.69) is 38.1 Å². The molecular weight excluding hydrogens is 244 g/mol. The van der Waals surface area contributed by atoms with Gasteiger partial charge in [0, 0.05) is 5.41 Å². The van der Waals surface area contributed by atoms with Gasteiger partial charge < -0.3 is 5.11 Å². The zero-order valence-electron chi connectivity index (χ0n) is 12.7. The van der Waals surface area contributed by atoms with Crippen molar-refractivity contribution in [3.63, 3.8) is 0 Å². The maximum atomic E-state index is 11.4. The summed E-state index contributed by atoms with van der Waals surface area (Å²) in [7, 11) is 0. The molecule has 0 aliphatic heterocycles. The van der Waals surface area contributed by atoms with Crippen LogP contribution in [-0.2, 0) is 5.60 Å². The van der Waals surface area contributed by atoms with Gasteiger partial charge in [-0.2, -0.15) is 0 Å². The third-order valence-corrected chi connectivity index (χ3v) is 6.68. The Balaban J connectivity index is 1.73. The molecule has 1 nitrogen and oxygen atoms in total. The Morgan fingerprint density at radius 3 is 1.85 bits per heavy atom. The summed E-state index contributed by atoms with van der Waals surface area (Å²) in [5.74, 6) is 2.66. The molecule has 1 unspecified atom stereocenters. The molecule has 0 aromatic heterocycles. The van der Waals surface area contributed by atoms with E-state index in [4.69, 9.17) is 0 Å². The Kier molecular flexibility index (Phi) is 2.64. The molecule has 1 heteroatoms. The van der Waals surface area contributed by atoms with Crippen LogP contribution in [0.3, 0.4) is 0 Å². The highest BCUT2D eigenvalue weighted by Crippen LogP contribution is 2.65. The Bertz CT molecular complexity index is 476. The second-order valence-corrected chi connectivity index (χ2v) is 8.14. The number of hydrogen-bond acceptors (Lipinski definition) is 1. The zero-order valence-corrected chi connectivity index (χ0v) is 12.7. The van der Waals surface area contributed by atoms with E-state index >= 15 is 0 Å². The first kappa shape index (κ1) is 12.9. The predicted molar refractivity (Wildman–Crippen MR) is 81.4 cm³/mol. The SMILES string of the molecule is Cc1ccc(C(C)(O)C23CC4CC(CC(C4)C2)C3)cc1. The van der Waals surface area contributed by atoms with Crippen LogP contribution in [0.5, 0.6) is 0 Å². The number of hydrogen-bond donors (Lipinski definition) is 1. The van der Waals surface area contributed by atoms with Gasteiger partial charge in [0.05, 0.1) is 5.60 Å². The zero-order chi connectivity index (χ0) is 14.0. The molecule has 1 aromatic carbocycles. The fourth-order valence-corrected chi connectivity index (χ4v) is 5.89. The lowest BCUT2D eigenvalue weighted by Crippen LogP contribution is -2.55. The standard InChI is InChI=1S/C19H26O/c1-13-3-5-17(6-4-13)18(2,20)19-10-14-7-15(11-19)9-16(8-14)12-19/h3-6,14-16,20H,7-12H2,1-2H3. The van der Waals surface area contributed by atoms with Crippen molar-refractivity contribution in [2.45, 2.75) is 58.0 Å². The molecule has 0 heterocycles. The monoisotopic (exact) mass is 270 g/mol. The fraction of sp³-hybridized carbons (Fsp3) is 0.684. The third-order valence-electron chi connectivity index (χ3n) is 6.68. The Hall–Kier alpha value is -0.820. The smallest absolute Gasteiger partial charge is 0.0924 e. The average Bonchev–Trinajstić information content (AvgIpc) is 2.37. The highest BCUT2D eigenvalue weighted by atomic mass is 16.3. The molecule has 1 atom stereocenters. The molecule has 0 saturated heterocycles. The van der Waals surface area contributed by atoms with Gasteiger partial charge in [-0.15, -0.1) is 0 Å². The van der Waals surface area contributed by atoms with E-state index in [1.165, 1.54) is 44.1 Å². The molecule has 4 bridgehead atoms. The van der Waals surface area contributed by atoms with Crippen LogP contribution in [0.15, 0.2) is 24.3 Å². The van der Waals surface area contributed by atoms with Crippen LogP contribution in [0.1, 0.15) is 56.6 Å². The molecule has 1 aromatic rings. The van der Waals surface area contributed by atoms with Gasteiger partial charge in [0.15, 0.2) is 0 Å². The summed E-state index contributed by atoms with van der Waals surface area (Å²) in [5, 5.41) is 11.4. The van der Waals surface area contributed by atoms with Crippen molar-refractivity contribution >= 4 is 0 Å². The second-order valence-electron chi connectivity index (χ2n) is 8.14. The van der Waals surface area contributed by atoms with Crippen LogP contribution < -0.4 is 0 Å². The van der Waals surface area contributed by atoms with Crippen LogP contribution in [-0.4, -0.2) is 5.11 Å². The van der Waals surface area contributed by atoms with Gasteiger partial charge in [-0.3, -0.25) is 0 Å². The summed E-state index contributed by atoms with van der Waals surface area (Å²) in [6, 6.07) is 8.58. The highest BCUT2D eigenvalue weighted by molar-refractivity contribution is 5.29. The van der Waals surface area contributed by atoms with E-state index in [1.807, 2.05) is 0 Å². The number of aryl methyl sites for hydroxylation is 1. The van der Waals surface area contributed by atoms with Crippen molar-refractivity contribution in [1.29, 1.82) is 0 Å². The first-order valence-corrected chi connectivity index (χ1v) is 8.28. The van der Waals surface area contributed by atoms with Crippen LogP contribution in [0, 0.1) is 30.1 Å². The van der Waals surface area contributed by atoms with Gasteiger partial charge in [0.25, 0.3) is 0 Å². The molecule has 5 rings (SSSR count). The van der Waals surface area contributed by atoms with Crippen molar-refractivity contribution < 1.29 is 5.11 Å². The molecule has 0 amide bonds. The van der Waals surface area contributed by atoms with Crippen molar-refractivity contribution in [3.8, 4) is 0 Å². The van der Waals surface area contributed by atoms with E-state index in [0.29, 0.717) is 0 Å². The quantitative estimate of drug-likeness (QED) is 0.843. The Morgan fingerprint density at radius 2 is 1.40 bits per heavy atom. The van der Waals surface area contributed by atoms with Gasteiger partial charge in [-0.1, -0.05) is 29.8 Å². The second kappa shape index (κ2) is 4.10. The lowest BCUT2D eigenvalue weighted by atomic mass is 9.45. The molecule has 20 heavy (non-hydrogen) atoms. The first-order chi connectivity index (χ1) is 9.48. The summed E-state index contributed by atoms with van der Waals surface area (Å²) in [6.45, 7) is 4.20. The molecule has 4 saturated carbocycles. The largest absolute Gasteiger partial charge is 0.385 e. The number of benzene rings is 1. The van der Waals surface area contributed by atoms with E-state index in [1.54, 1.807) is 0 Å². The minimum Gasteiger partial charge on any atom is -0.385 e.